The van der Waals surface area contributed by atoms with Gasteiger partial charge >= 0.3 is 5.97 Å². The zero-order chi connectivity index (χ0) is 13.3. The van der Waals surface area contributed by atoms with Crippen LogP contribution >= 0.6 is 0 Å². The van der Waals surface area contributed by atoms with Crippen LogP contribution in [0.25, 0.3) is 0 Å². The maximum atomic E-state index is 11.8. The van der Waals surface area contributed by atoms with Crippen molar-refractivity contribution in [2.45, 2.75) is 19.8 Å². The summed E-state index contributed by atoms with van der Waals surface area (Å²) in [5.41, 5.74) is 0. The summed E-state index contributed by atoms with van der Waals surface area (Å²) in [7, 11) is 1.54. The number of amides is 1. The summed E-state index contributed by atoms with van der Waals surface area (Å²) in [5.74, 6) is -1.26. The Labute approximate surface area is 101 Å². The zero-order valence-corrected chi connectivity index (χ0v) is 10.4. The van der Waals surface area contributed by atoms with Gasteiger partial charge in [0.1, 0.15) is 0 Å². The first kappa shape index (κ1) is 15.9. The summed E-state index contributed by atoms with van der Waals surface area (Å²) in [4.78, 5) is 23.8. The molecule has 0 aromatic carbocycles. The van der Waals surface area contributed by atoms with Crippen molar-refractivity contribution in [1.82, 2.24) is 4.90 Å². The number of hydrogen-bond acceptors (Lipinski definition) is 4. The van der Waals surface area contributed by atoms with Gasteiger partial charge in [-0.1, -0.05) is 6.92 Å². The summed E-state index contributed by atoms with van der Waals surface area (Å²) < 4.78 is 4.87. The van der Waals surface area contributed by atoms with Crippen LogP contribution in [-0.4, -0.2) is 60.4 Å². The lowest BCUT2D eigenvalue weighted by Gasteiger charge is -2.22. The van der Waals surface area contributed by atoms with Crippen molar-refractivity contribution in [3.8, 4) is 0 Å². The molecule has 17 heavy (non-hydrogen) atoms. The summed E-state index contributed by atoms with van der Waals surface area (Å²) in [5, 5.41) is 17.4. The van der Waals surface area contributed by atoms with Crippen LogP contribution in [-0.2, 0) is 14.3 Å². The van der Waals surface area contributed by atoms with E-state index < -0.39 is 5.97 Å². The normalized spacial score (nSPS) is 12.2. The molecule has 0 bridgehead atoms. The van der Waals surface area contributed by atoms with Crippen molar-refractivity contribution in [2.75, 3.05) is 33.4 Å². The molecule has 2 N–H and O–H groups in total. The standard InChI is InChI=1S/C11H21NO5/c1-9(8-11(15)16)7-10(14)12(3-5-13)4-6-17-2/h9,13H,3-8H2,1-2H3,(H,15,16). The molecule has 0 aliphatic rings. The number of aliphatic hydroxyl groups excluding tert-OH is 1. The lowest BCUT2D eigenvalue weighted by atomic mass is 10.0. The highest BCUT2D eigenvalue weighted by Gasteiger charge is 2.17. The second-order valence-electron chi connectivity index (χ2n) is 4.00. The largest absolute Gasteiger partial charge is 0.481 e. The number of aliphatic carboxylic acids is 1. The Morgan fingerprint density at radius 2 is 1.94 bits per heavy atom. The van der Waals surface area contributed by atoms with E-state index in [1.807, 2.05) is 0 Å². The smallest absolute Gasteiger partial charge is 0.303 e. The molecule has 6 nitrogen and oxygen atoms in total. The van der Waals surface area contributed by atoms with E-state index >= 15 is 0 Å². The van der Waals surface area contributed by atoms with Gasteiger partial charge in [0.25, 0.3) is 0 Å². The van der Waals surface area contributed by atoms with Crippen LogP contribution in [0.3, 0.4) is 0 Å². The molecule has 1 amide bonds. The third kappa shape index (κ3) is 7.70. The molecule has 0 rings (SSSR count). The zero-order valence-electron chi connectivity index (χ0n) is 10.4. The van der Waals surface area contributed by atoms with Gasteiger partial charge in [0, 0.05) is 33.0 Å². The highest BCUT2D eigenvalue weighted by Crippen LogP contribution is 2.09. The molecule has 0 radical (unpaired) electrons. The molecular formula is C11H21NO5. The van der Waals surface area contributed by atoms with Crippen LogP contribution in [0.2, 0.25) is 0 Å². The van der Waals surface area contributed by atoms with Gasteiger partial charge in [-0.25, -0.2) is 0 Å². The van der Waals surface area contributed by atoms with Crippen molar-refractivity contribution in [3.63, 3.8) is 0 Å². The molecule has 0 aromatic heterocycles. The van der Waals surface area contributed by atoms with Gasteiger partial charge in [-0.05, 0) is 5.92 Å². The van der Waals surface area contributed by atoms with Gasteiger partial charge in [-0.15, -0.1) is 0 Å². The van der Waals surface area contributed by atoms with Gasteiger partial charge in [-0.3, -0.25) is 9.59 Å². The molecule has 0 spiro atoms. The van der Waals surface area contributed by atoms with Gasteiger partial charge < -0.3 is 19.8 Å². The van der Waals surface area contributed by atoms with Gasteiger partial charge in [0.2, 0.25) is 5.91 Å². The predicted octanol–water partition coefficient (Wildman–Crippen LogP) is -0.0454. The average molecular weight is 247 g/mol. The van der Waals surface area contributed by atoms with Gasteiger partial charge in [0.15, 0.2) is 0 Å². The van der Waals surface area contributed by atoms with Crippen LogP contribution in [0.1, 0.15) is 19.8 Å². The number of carbonyl (C=O) groups is 2. The Morgan fingerprint density at radius 1 is 1.29 bits per heavy atom. The Bertz CT molecular complexity index is 244. The van der Waals surface area contributed by atoms with Crippen molar-refractivity contribution in [3.05, 3.63) is 0 Å². The molecule has 0 aliphatic carbocycles. The number of nitrogens with zero attached hydrogens (tertiary/aromatic N) is 1. The third-order valence-corrected chi connectivity index (χ3v) is 2.33. The number of carbonyl (C=O) groups excluding carboxylic acids is 1. The molecular weight excluding hydrogens is 226 g/mol. The fourth-order valence-electron chi connectivity index (χ4n) is 1.48. The maximum absolute atomic E-state index is 11.8. The average Bonchev–Trinajstić information content (AvgIpc) is 2.22. The second-order valence-corrected chi connectivity index (χ2v) is 4.00. The third-order valence-electron chi connectivity index (χ3n) is 2.33. The van der Waals surface area contributed by atoms with E-state index in [0.717, 1.165) is 0 Å². The van der Waals surface area contributed by atoms with Crippen LogP contribution in [0.5, 0.6) is 0 Å². The van der Waals surface area contributed by atoms with Crippen LogP contribution in [0.15, 0.2) is 0 Å². The van der Waals surface area contributed by atoms with E-state index in [9.17, 15) is 9.59 Å². The molecule has 0 fully saturated rings. The second kappa shape index (κ2) is 8.95. The number of carboxylic acids is 1. The quantitative estimate of drug-likeness (QED) is 0.596. The van der Waals surface area contributed by atoms with Crippen molar-refractivity contribution < 1.29 is 24.5 Å². The summed E-state index contributed by atoms with van der Waals surface area (Å²) >= 11 is 0. The Kier molecular flexibility index (Phi) is 8.35. The summed E-state index contributed by atoms with van der Waals surface area (Å²) in [6, 6.07) is 0. The van der Waals surface area contributed by atoms with Gasteiger partial charge in [0.05, 0.1) is 13.2 Å². The minimum atomic E-state index is -0.907. The molecule has 0 aliphatic heterocycles. The Morgan fingerprint density at radius 3 is 2.41 bits per heavy atom. The monoisotopic (exact) mass is 247 g/mol. The van der Waals surface area contributed by atoms with Crippen molar-refractivity contribution in [1.29, 1.82) is 0 Å². The number of methoxy groups -OCH3 is 1. The lowest BCUT2D eigenvalue weighted by Crippen LogP contribution is -2.37. The first-order valence-corrected chi connectivity index (χ1v) is 5.60. The molecule has 0 aromatic rings. The highest BCUT2D eigenvalue weighted by atomic mass is 16.5. The number of aliphatic hydroxyl groups is 1. The molecule has 0 saturated heterocycles. The SMILES string of the molecule is COCCN(CCO)C(=O)CC(C)CC(=O)O. The van der Waals surface area contributed by atoms with Gasteiger partial charge in [-0.2, -0.15) is 0 Å². The van der Waals surface area contributed by atoms with Crippen LogP contribution in [0.4, 0.5) is 0 Å². The number of carboxylic acid groups (broad SMARTS) is 1. The number of rotatable bonds is 9. The van der Waals surface area contributed by atoms with E-state index in [4.69, 9.17) is 14.9 Å². The first-order valence-electron chi connectivity index (χ1n) is 5.60. The van der Waals surface area contributed by atoms with Crippen LogP contribution < -0.4 is 0 Å². The molecule has 6 heteroatoms. The fourth-order valence-corrected chi connectivity index (χ4v) is 1.48. The highest BCUT2D eigenvalue weighted by molar-refractivity contribution is 5.77. The summed E-state index contributed by atoms with van der Waals surface area (Å²) in [6.07, 6.45) is 0.152. The molecule has 0 saturated carbocycles. The molecule has 1 unspecified atom stereocenters. The minimum Gasteiger partial charge on any atom is -0.481 e. The Balaban J connectivity index is 4.15. The van der Waals surface area contributed by atoms with Crippen molar-refractivity contribution in [2.24, 2.45) is 5.92 Å². The molecule has 1 atom stereocenters. The Hall–Kier alpha value is -1.14. The summed E-state index contributed by atoms with van der Waals surface area (Å²) in [6.45, 7) is 2.68. The molecule has 0 heterocycles. The molecule has 100 valence electrons. The number of hydrogen-bond donors (Lipinski definition) is 2. The van der Waals surface area contributed by atoms with E-state index in [0.29, 0.717) is 13.2 Å². The predicted molar refractivity (Wildman–Crippen MR) is 61.6 cm³/mol. The van der Waals surface area contributed by atoms with E-state index in [1.54, 1.807) is 6.92 Å². The van der Waals surface area contributed by atoms with Crippen LogP contribution in [0, 0.1) is 5.92 Å². The topological polar surface area (TPSA) is 87.1 Å². The fraction of sp³-hybridized carbons (Fsp3) is 0.818. The minimum absolute atomic E-state index is 0.0248. The number of ether oxygens (including phenoxy) is 1. The lowest BCUT2D eigenvalue weighted by molar-refractivity contribution is -0.138. The van der Waals surface area contributed by atoms with E-state index in [2.05, 4.69) is 0 Å². The van der Waals surface area contributed by atoms with E-state index in [1.165, 1.54) is 12.0 Å². The maximum Gasteiger partial charge on any atom is 0.303 e. The van der Waals surface area contributed by atoms with Crippen molar-refractivity contribution >= 4 is 11.9 Å². The first-order chi connectivity index (χ1) is 8.01. The van der Waals surface area contributed by atoms with E-state index in [-0.39, 0.29) is 37.8 Å².